The molecule has 0 aliphatic heterocycles. The standard InChI is InChI=1S/C3H7O.2CH3.Sn/c1-2-3-4;;;/h4H,1-3H2;2*1H3;. The van der Waals surface area contributed by atoms with E-state index in [-0.39, 0.29) is 0 Å². The number of aliphatic hydroxyl groups excluding tert-OH is 1. The molecular formula is C5H13OSn. The molecule has 0 bridgehead atoms. The molecule has 0 aromatic heterocycles. The molecule has 2 heteroatoms. The van der Waals surface area contributed by atoms with Crippen molar-refractivity contribution >= 4 is 19.8 Å². The van der Waals surface area contributed by atoms with Crippen molar-refractivity contribution in [1.82, 2.24) is 0 Å². The zero-order valence-corrected chi connectivity index (χ0v) is 7.92. The van der Waals surface area contributed by atoms with Crippen LogP contribution in [0, 0.1) is 0 Å². The van der Waals surface area contributed by atoms with Crippen molar-refractivity contribution in [2.75, 3.05) is 6.61 Å². The normalized spacial score (nSPS) is 10.3. The van der Waals surface area contributed by atoms with Gasteiger partial charge in [-0.25, -0.2) is 0 Å². The van der Waals surface area contributed by atoms with Crippen LogP contribution in [0.5, 0.6) is 0 Å². The van der Waals surface area contributed by atoms with E-state index in [0.717, 1.165) is 6.42 Å². The van der Waals surface area contributed by atoms with E-state index in [2.05, 4.69) is 9.88 Å². The summed E-state index contributed by atoms with van der Waals surface area (Å²) in [5.41, 5.74) is 0. The van der Waals surface area contributed by atoms with Gasteiger partial charge >= 0.3 is 52.2 Å². The Hall–Kier alpha value is 0.759. The van der Waals surface area contributed by atoms with E-state index in [1.165, 1.54) is 4.44 Å². The summed E-state index contributed by atoms with van der Waals surface area (Å²) in [4.78, 5) is 4.72. The summed E-state index contributed by atoms with van der Waals surface area (Å²) in [5.74, 6) is 0. The number of rotatable bonds is 3. The van der Waals surface area contributed by atoms with Crippen LogP contribution >= 0.6 is 0 Å². The first-order chi connectivity index (χ1) is 3.27. The van der Waals surface area contributed by atoms with Crippen LogP contribution in [0.25, 0.3) is 0 Å². The van der Waals surface area contributed by atoms with Gasteiger partial charge in [0.05, 0.1) is 0 Å². The topological polar surface area (TPSA) is 20.2 Å². The molecule has 0 amide bonds. The molecule has 0 rings (SSSR count). The Morgan fingerprint density at radius 1 is 1.43 bits per heavy atom. The molecule has 0 heterocycles. The average molecular weight is 208 g/mol. The van der Waals surface area contributed by atoms with E-state index in [9.17, 15) is 0 Å². The average Bonchev–Trinajstić information content (AvgIpc) is 1.61. The van der Waals surface area contributed by atoms with Gasteiger partial charge in [0.15, 0.2) is 0 Å². The molecule has 0 spiro atoms. The number of aliphatic hydroxyl groups is 1. The monoisotopic (exact) mass is 209 g/mol. The summed E-state index contributed by atoms with van der Waals surface area (Å²) >= 11 is -0.802. The van der Waals surface area contributed by atoms with Crippen molar-refractivity contribution in [1.29, 1.82) is 0 Å². The fourth-order valence-corrected chi connectivity index (χ4v) is 2.90. The fraction of sp³-hybridized carbons (Fsp3) is 1.00. The van der Waals surface area contributed by atoms with Gasteiger partial charge in [-0.05, 0) is 0 Å². The Balaban J connectivity index is 2.68. The van der Waals surface area contributed by atoms with Crippen LogP contribution in [0.2, 0.25) is 14.3 Å². The Kier molecular flexibility index (Phi) is 5.44. The molecule has 0 saturated carbocycles. The second kappa shape index (κ2) is 4.91. The molecule has 7 heavy (non-hydrogen) atoms. The zero-order chi connectivity index (χ0) is 5.70. The first-order valence-electron chi connectivity index (χ1n) is 2.67. The quantitative estimate of drug-likeness (QED) is 0.689. The third kappa shape index (κ3) is 6.76. The molecular weight excluding hydrogens is 195 g/mol. The van der Waals surface area contributed by atoms with Gasteiger partial charge in [-0.15, -0.1) is 0 Å². The van der Waals surface area contributed by atoms with Crippen LogP contribution in [0.15, 0.2) is 0 Å². The molecule has 0 saturated heterocycles. The third-order valence-electron chi connectivity index (χ3n) is 0.835. The van der Waals surface area contributed by atoms with Gasteiger partial charge in [0.25, 0.3) is 0 Å². The van der Waals surface area contributed by atoms with E-state index in [1.54, 1.807) is 0 Å². The maximum absolute atomic E-state index is 8.35. The van der Waals surface area contributed by atoms with Crippen LogP contribution in [0.4, 0.5) is 0 Å². The second-order valence-electron chi connectivity index (χ2n) is 2.03. The molecule has 0 fully saturated rings. The van der Waals surface area contributed by atoms with Crippen LogP contribution in [0.3, 0.4) is 0 Å². The van der Waals surface area contributed by atoms with Gasteiger partial charge in [0, 0.05) is 0 Å². The van der Waals surface area contributed by atoms with Gasteiger partial charge in [0.1, 0.15) is 0 Å². The van der Waals surface area contributed by atoms with Crippen molar-refractivity contribution in [3.63, 3.8) is 0 Å². The predicted molar refractivity (Wildman–Crippen MR) is 34.0 cm³/mol. The van der Waals surface area contributed by atoms with E-state index in [1.807, 2.05) is 0 Å². The van der Waals surface area contributed by atoms with E-state index < -0.39 is 19.8 Å². The maximum atomic E-state index is 8.35. The first kappa shape index (κ1) is 7.76. The van der Waals surface area contributed by atoms with Crippen LogP contribution in [0.1, 0.15) is 6.42 Å². The Bertz CT molecular complexity index is 37.1. The van der Waals surface area contributed by atoms with Crippen molar-refractivity contribution in [3.05, 3.63) is 0 Å². The molecule has 1 nitrogen and oxygen atoms in total. The molecule has 1 N–H and O–H groups in total. The fourth-order valence-electron chi connectivity index (χ4n) is 0.433. The Morgan fingerprint density at radius 2 is 2.00 bits per heavy atom. The summed E-state index contributed by atoms with van der Waals surface area (Å²) in [6.45, 7) is 0.395. The van der Waals surface area contributed by atoms with Gasteiger partial charge in [-0.3, -0.25) is 0 Å². The summed E-state index contributed by atoms with van der Waals surface area (Å²) in [5, 5.41) is 8.35. The molecule has 0 unspecified atom stereocenters. The van der Waals surface area contributed by atoms with Crippen molar-refractivity contribution < 1.29 is 5.11 Å². The van der Waals surface area contributed by atoms with E-state index in [0.29, 0.717) is 6.61 Å². The number of hydrogen-bond donors (Lipinski definition) is 1. The molecule has 1 radical (unpaired) electrons. The van der Waals surface area contributed by atoms with Crippen LogP contribution in [-0.2, 0) is 0 Å². The van der Waals surface area contributed by atoms with Gasteiger partial charge in [-0.2, -0.15) is 0 Å². The third-order valence-corrected chi connectivity index (χ3v) is 4.70. The SMILES string of the molecule is [CH3][Sn]([CH3])[CH2]CCO. The summed E-state index contributed by atoms with van der Waals surface area (Å²) in [7, 11) is 0. The van der Waals surface area contributed by atoms with Crippen LogP contribution in [-0.4, -0.2) is 31.5 Å². The van der Waals surface area contributed by atoms with Crippen molar-refractivity contribution in [3.8, 4) is 0 Å². The Labute approximate surface area is 52.5 Å². The summed E-state index contributed by atoms with van der Waals surface area (Å²) in [6, 6.07) is 0. The second-order valence-corrected chi connectivity index (χ2v) is 10.4. The minimum absolute atomic E-state index is 0.395. The zero-order valence-electron chi connectivity index (χ0n) is 5.07. The van der Waals surface area contributed by atoms with Gasteiger partial charge in [-0.1, -0.05) is 0 Å². The number of hydrogen-bond acceptors (Lipinski definition) is 1. The van der Waals surface area contributed by atoms with Crippen LogP contribution < -0.4 is 0 Å². The Morgan fingerprint density at radius 3 is 2.14 bits per heavy atom. The van der Waals surface area contributed by atoms with Crippen molar-refractivity contribution in [2.24, 2.45) is 0 Å². The first-order valence-corrected chi connectivity index (χ1v) is 10.4. The van der Waals surface area contributed by atoms with Crippen molar-refractivity contribution in [2.45, 2.75) is 20.7 Å². The molecule has 0 aliphatic rings. The van der Waals surface area contributed by atoms with Gasteiger partial charge < -0.3 is 0 Å². The predicted octanol–water partition coefficient (Wildman–Crippen LogP) is 1.12. The summed E-state index contributed by atoms with van der Waals surface area (Å²) in [6.07, 6.45) is 1.04. The molecule has 0 aromatic rings. The molecule has 0 atom stereocenters. The molecule has 43 valence electrons. The van der Waals surface area contributed by atoms with E-state index >= 15 is 0 Å². The molecule has 0 aromatic carbocycles. The van der Waals surface area contributed by atoms with E-state index in [4.69, 9.17) is 5.11 Å². The summed E-state index contributed by atoms with van der Waals surface area (Å²) < 4.78 is 1.35. The minimum atomic E-state index is -0.802. The van der Waals surface area contributed by atoms with Gasteiger partial charge in [0.2, 0.25) is 0 Å². The molecule has 0 aliphatic carbocycles.